The first-order chi connectivity index (χ1) is 14.0. The minimum absolute atomic E-state index is 0.0418. The smallest absolute Gasteiger partial charge is 0.269 e. The molecule has 3 aromatic rings. The second-order valence-electron chi connectivity index (χ2n) is 6.68. The summed E-state index contributed by atoms with van der Waals surface area (Å²) in [5.41, 5.74) is 2.06. The van der Waals surface area contributed by atoms with Crippen molar-refractivity contribution in [3.8, 4) is 0 Å². The van der Waals surface area contributed by atoms with E-state index in [0.29, 0.717) is 17.8 Å². The second kappa shape index (κ2) is 7.84. The Morgan fingerprint density at radius 2 is 1.90 bits per heavy atom. The number of carbonyl (C=O) groups excluding carboxylic acids is 2. The molecule has 0 spiro atoms. The minimum atomic E-state index is -0.491. The molecule has 1 aliphatic heterocycles. The molecule has 0 radical (unpaired) electrons. The number of nitro groups is 1. The van der Waals surface area contributed by atoms with E-state index < -0.39 is 4.92 Å². The minimum Gasteiger partial charge on any atom is -0.326 e. The van der Waals surface area contributed by atoms with E-state index in [1.54, 1.807) is 11.0 Å². The highest BCUT2D eigenvalue weighted by Gasteiger charge is 2.34. The molecule has 0 aliphatic carbocycles. The van der Waals surface area contributed by atoms with E-state index in [0.717, 1.165) is 10.4 Å². The van der Waals surface area contributed by atoms with Gasteiger partial charge in [0.25, 0.3) is 11.6 Å². The van der Waals surface area contributed by atoms with Crippen LogP contribution in [-0.4, -0.2) is 21.6 Å². The van der Waals surface area contributed by atoms with Crippen molar-refractivity contribution in [1.82, 2.24) is 4.90 Å². The molecule has 1 aromatic heterocycles. The standard InChI is InChI=1S/C21H17N3O4S/c25-20(22-15-7-9-16(10-8-15)24(27)28)12-18(19-6-3-11-29-19)23-13-14-4-1-2-5-17(14)21(23)26/h1-11,18H,12-13H2,(H,22,25)/t18-/m1/s1. The lowest BCUT2D eigenvalue weighted by atomic mass is 10.1. The number of hydrogen-bond donors (Lipinski definition) is 1. The van der Waals surface area contributed by atoms with Crippen LogP contribution >= 0.6 is 11.3 Å². The lowest BCUT2D eigenvalue weighted by Crippen LogP contribution is -2.31. The van der Waals surface area contributed by atoms with E-state index >= 15 is 0 Å². The molecule has 8 heteroatoms. The number of benzene rings is 2. The quantitative estimate of drug-likeness (QED) is 0.485. The van der Waals surface area contributed by atoms with Crippen molar-refractivity contribution in [2.45, 2.75) is 19.0 Å². The van der Waals surface area contributed by atoms with Gasteiger partial charge in [-0.05, 0) is 35.2 Å². The zero-order valence-corrected chi connectivity index (χ0v) is 16.1. The van der Waals surface area contributed by atoms with E-state index in [-0.39, 0.29) is 30.0 Å². The topological polar surface area (TPSA) is 92.6 Å². The first kappa shape index (κ1) is 18.8. The largest absolute Gasteiger partial charge is 0.326 e. The van der Waals surface area contributed by atoms with Crippen LogP contribution in [0.25, 0.3) is 0 Å². The van der Waals surface area contributed by atoms with E-state index in [1.165, 1.54) is 35.6 Å². The molecular formula is C21H17N3O4S. The Balaban J connectivity index is 1.52. The van der Waals surface area contributed by atoms with Crippen LogP contribution in [0, 0.1) is 10.1 Å². The van der Waals surface area contributed by atoms with Crippen LogP contribution in [0.15, 0.2) is 66.0 Å². The van der Waals surface area contributed by atoms with Gasteiger partial charge in [-0.1, -0.05) is 24.3 Å². The highest BCUT2D eigenvalue weighted by molar-refractivity contribution is 7.10. The molecule has 7 nitrogen and oxygen atoms in total. The van der Waals surface area contributed by atoms with Crippen LogP contribution in [0.4, 0.5) is 11.4 Å². The first-order valence-corrected chi connectivity index (χ1v) is 9.87. The molecule has 2 aromatic carbocycles. The SMILES string of the molecule is O=C(C[C@H](c1cccs1)N1Cc2ccccc2C1=O)Nc1ccc([N+](=O)[O-])cc1. The van der Waals surface area contributed by atoms with Gasteiger partial charge in [0.05, 0.1) is 17.4 Å². The van der Waals surface area contributed by atoms with Gasteiger partial charge in [0.1, 0.15) is 0 Å². The van der Waals surface area contributed by atoms with Gasteiger partial charge >= 0.3 is 0 Å². The number of anilines is 1. The zero-order chi connectivity index (χ0) is 20.4. The van der Waals surface area contributed by atoms with Gasteiger partial charge < -0.3 is 10.2 Å². The van der Waals surface area contributed by atoms with Gasteiger partial charge in [-0.25, -0.2) is 0 Å². The number of rotatable bonds is 6. The number of fused-ring (bicyclic) bond motifs is 1. The number of thiophene rings is 1. The number of nitrogens with one attached hydrogen (secondary N) is 1. The van der Waals surface area contributed by atoms with Gasteiger partial charge in [0.15, 0.2) is 0 Å². The molecule has 2 heterocycles. The number of nitro benzene ring substituents is 1. The number of carbonyl (C=O) groups is 2. The second-order valence-corrected chi connectivity index (χ2v) is 7.66. The lowest BCUT2D eigenvalue weighted by molar-refractivity contribution is -0.384. The summed E-state index contributed by atoms with van der Waals surface area (Å²) in [4.78, 5) is 38.5. The average Bonchev–Trinajstić information content (AvgIpc) is 3.35. The Bertz CT molecular complexity index is 1060. The zero-order valence-electron chi connectivity index (χ0n) is 15.3. The lowest BCUT2D eigenvalue weighted by Gasteiger charge is -2.26. The summed E-state index contributed by atoms with van der Waals surface area (Å²) in [5.74, 6) is -0.344. The third-order valence-corrected chi connectivity index (χ3v) is 5.81. The maximum atomic E-state index is 12.9. The maximum absolute atomic E-state index is 12.9. The molecule has 0 fully saturated rings. The normalized spacial score (nSPS) is 13.8. The summed E-state index contributed by atoms with van der Waals surface area (Å²) < 4.78 is 0. The van der Waals surface area contributed by atoms with Crippen molar-refractivity contribution in [1.29, 1.82) is 0 Å². The molecule has 0 saturated heterocycles. The monoisotopic (exact) mass is 407 g/mol. The van der Waals surface area contributed by atoms with Crippen molar-refractivity contribution in [2.24, 2.45) is 0 Å². The molecule has 146 valence electrons. The highest BCUT2D eigenvalue weighted by Crippen LogP contribution is 2.35. The van der Waals surface area contributed by atoms with Crippen molar-refractivity contribution in [3.05, 3.63) is 92.2 Å². The summed E-state index contributed by atoms with van der Waals surface area (Å²) in [6.45, 7) is 0.461. The van der Waals surface area contributed by atoms with Crippen LogP contribution in [-0.2, 0) is 11.3 Å². The van der Waals surface area contributed by atoms with Crippen LogP contribution in [0.3, 0.4) is 0 Å². The fraction of sp³-hybridized carbons (Fsp3) is 0.143. The predicted molar refractivity (Wildman–Crippen MR) is 110 cm³/mol. The Kier molecular flexibility index (Phi) is 5.09. The maximum Gasteiger partial charge on any atom is 0.269 e. The third kappa shape index (κ3) is 3.88. The molecule has 0 saturated carbocycles. The molecule has 2 amide bonds. The molecule has 4 rings (SSSR count). The van der Waals surface area contributed by atoms with Crippen LogP contribution in [0.2, 0.25) is 0 Å². The van der Waals surface area contributed by atoms with Crippen LogP contribution < -0.4 is 5.32 Å². The summed E-state index contributed by atoms with van der Waals surface area (Å²) >= 11 is 1.50. The van der Waals surface area contributed by atoms with Crippen molar-refractivity contribution in [3.63, 3.8) is 0 Å². The number of hydrogen-bond acceptors (Lipinski definition) is 5. The van der Waals surface area contributed by atoms with Gasteiger partial charge in [-0.2, -0.15) is 0 Å². The molecular weight excluding hydrogens is 390 g/mol. The Morgan fingerprint density at radius 1 is 1.14 bits per heavy atom. The van der Waals surface area contributed by atoms with Crippen LogP contribution in [0.5, 0.6) is 0 Å². The number of non-ortho nitro benzene ring substituents is 1. The third-order valence-electron chi connectivity index (χ3n) is 4.84. The van der Waals surface area contributed by atoms with Gasteiger partial charge in [-0.15, -0.1) is 11.3 Å². The molecule has 29 heavy (non-hydrogen) atoms. The Morgan fingerprint density at radius 3 is 2.55 bits per heavy atom. The number of amides is 2. The van der Waals surface area contributed by atoms with Crippen molar-refractivity contribution >= 4 is 34.5 Å². The molecule has 1 aliphatic rings. The van der Waals surface area contributed by atoms with Gasteiger partial charge in [-0.3, -0.25) is 19.7 Å². The fourth-order valence-electron chi connectivity index (χ4n) is 3.43. The Hall–Kier alpha value is -3.52. The van der Waals surface area contributed by atoms with Crippen molar-refractivity contribution < 1.29 is 14.5 Å². The van der Waals surface area contributed by atoms with Crippen molar-refractivity contribution in [2.75, 3.05) is 5.32 Å². The molecule has 0 unspecified atom stereocenters. The highest BCUT2D eigenvalue weighted by atomic mass is 32.1. The van der Waals surface area contributed by atoms with E-state index in [2.05, 4.69) is 5.32 Å². The number of nitrogens with zero attached hydrogens (tertiary/aromatic N) is 2. The first-order valence-electron chi connectivity index (χ1n) is 8.99. The summed E-state index contributed by atoms with van der Waals surface area (Å²) in [6.07, 6.45) is 0.0945. The Labute approximate surface area is 170 Å². The molecule has 1 atom stereocenters. The van der Waals surface area contributed by atoms with Crippen LogP contribution in [0.1, 0.15) is 33.3 Å². The average molecular weight is 407 g/mol. The van der Waals surface area contributed by atoms with Gasteiger partial charge in [0.2, 0.25) is 5.91 Å². The van der Waals surface area contributed by atoms with E-state index in [1.807, 2.05) is 35.7 Å². The summed E-state index contributed by atoms with van der Waals surface area (Å²) in [7, 11) is 0. The molecule has 0 bridgehead atoms. The molecule has 1 N–H and O–H groups in total. The predicted octanol–water partition coefficient (Wildman–Crippen LogP) is 4.38. The fourth-order valence-corrected chi connectivity index (χ4v) is 4.27. The van der Waals surface area contributed by atoms with E-state index in [9.17, 15) is 19.7 Å². The summed E-state index contributed by atoms with van der Waals surface area (Å²) in [6, 6.07) is 16.6. The summed E-state index contributed by atoms with van der Waals surface area (Å²) in [5, 5.41) is 15.5. The van der Waals surface area contributed by atoms with Gasteiger partial charge in [0, 0.05) is 34.8 Å². The van der Waals surface area contributed by atoms with E-state index in [4.69, 9.17) is 0 Å².